The van der Waals surface area contributed by atoms with E-state index in [4.69, 9.17) is 9.47 Å². The minimum atomic E-state index is -0.323. The molecular weight excluding hydrogens is 612 g/mol. The van der Waals surface area contributed by atoms with Crippen LogP contribution in [0.15, 0.2) is 147 Å². The van der Waals surface area contributed by atoms with E-state index in [-0.39, 0.29) is 11.9 Å². The summed E-state index contributed by atoms with van der Waals surface area (Å²) in [5.74, 6) is -0.646. The largest absolute Gasteiger partial charge is 0.465 e. The van der Waals surface area contributed by atoms with Gasteiger partial charge in [0.25, 0.3) is 0 Å². The fourth-order valence-corrected chi connectivity index (χ4v) is 5.69. The normalized spacial score (nSPS) is 10.8. The maximum absolute atomic E-state index is 11.7. The Balaban J connectivity index is 0.959. The molecule has 8 heteroatoms. The number of aryl methyl sites for hydroxylation is 2. The van der Waals surface area contributed by atoms with Gasteiger partial charge in [-0.25, -0.2) is 27.9 Å². The second-order valence-electron chi connectivity index (χ2n) is 11.9. The van der Waals surface area contributed by atoms with Crippen LogP contribution in [-0.2, 0) is 35.7 Å². The Kier molecular flexibility index (Phi) is 10.6. The molecule has 4 aromatic heterocycles. The van der Waals surface area contributed by atoms with Gasteiger partial charge in [-0.3, -0.25) is 0 Å². The van der Waals surface area contributed by atoms with Crippen molar-refractivity contribution in [3.63, 3.8) is 0 Å². The van der Waals surface area contributed by atoms with Crippen molar-refractivity contribution >= 4 is 11.9 Å². The Morgan fingerprint density at radius 1 is 0.429 bits per heavy atom. The standard InChI is InChI=1S/C41H40N4O4/c1-48-40(46)38-8-4-32(5-9-38)30-44-26-16-36(17-27-44)34-12-22-42(23-13-34)20-3-21-43-24-14-35(15-25-43)37-18-28-45(29-19-37)31-33-6-10-39(11-7-33)41(47)49-2/h4-19,22-29H,3,20-21,30-31H2,1-2H3/q+4. The van der Waals surface area contributed by atoms with Gasteiger partial charge < -0.3 is 9.47 Å². The van der Waals surface area contributed by atoms with Crippen LogP contribution in [-0.4, -0.2) is 26.2 Å². The van der Waals surface area contributed by atoms with Crippen molar-refractivity contribution in [2.45, 2.75) is 32.6 Å². The average Bonchev–Trinajstić information content (AvgIpc) is 3.16. The molecule has 0 saturated heterocycles. The van der Waals surface area contributed by atoms with E-state index in [1.165, 1.54) is 36.5 Å². The van der Waals surface area contributed by atoms with Crippen LogP contribution in [0, 0.1) is 0 Å². The van der Waals surface area contributed by atoms with Gasteiger partial charge in [-0.05, 0) is 46.5 Å². The summed E-state index contributed by atoms with van der Waals surface area (Å²) in [6.07, 6.45) is 17.9. The molecule has 0 aliphatic heterocycles. The van der Waals surface area contributed by atoms with E-state index >= 15 is 0 Å². The van der Waals surface area contributed by atoms with Crippen molar-refractivity contribution in [2.75, 3.05) is 14.2 Å². The highest BCUT2D eigenvalue weighted by Crippen LogP contribution is 2.17. The third kappa shape index (κ3) is 8.67. The molecule has 2 aromatic carbocycles. The zero-order valence-electron chi connectivity index (χ0n) is 27.8. The summed E-state index contributed by atoms with van der Waals surface area (Å²) in [4.78, 5) is 23.3. The van der Waals surface area contributed by atoms with Crippen LogP contribution in [0.4, 0.5) is 0 Å². The SMILES string of the molecule is COC(=O)c1ccc(C[n+]2ccc(-c3cc[n+](CCC[n+]4ccc(-c5cc[n+](Cc6ccc(C(=O)OC)cc6)cc5)cc4)cc3)cc2)cc1. The lowest BCUT2D eigenvalue weighted by Gasteiger charge is -2.03. The number of ether oxygens (including phenoxy) is 2. The van der Waals surface area contributed by atoms with Crippen LogP contribution >= 0.6 is 0 Å². The molecule has 0 saturated carbocycles. The lowest BCUT2D eigenvalue weighted by Crippen LogP contribution is -2.38. The summed E-state index contributed by atoms with van der Waals surface area (Å²) in [6, 6.07) is 32.2. The third-order valence-corrected chi connectivity index (χ3v) is 8.54. The molecule has 0 fully saturated rings. The number of carbonyl (C=O) groups is 2. The van der Waals surface area contributed by atoms with Crippen molar-refractivity contribution < 1.29 is 37.3 Å². The molecule has 49 heavy (non-hydrogen) atoms. The minimum absolute atomic E-state index is 0.323. The van der Waals surface area contributed by atoms with Crippen molar-refractivity contribution in [2.24, 2.45) is 0 Å². The molecule has 0 bridgehead atoms. The maximum Gasteiger partial charge on any atom is 0.337 e. The fourth-order valence-electron chi connectivity index (χ4n) is 5.69. The second-order valence-corrected chi connectivity index (χ2v) is 11.9. The van der Waals surface area contributed by atoms with E-state index in [0.717, 1.165) is 43.7 Å². The van der Waals surface area contributed by atoms with Gasteiger partial charge in [-0.15, -0.1) is 0 Å². The first-order valence-corrected chi connectivity index (χ1v) is 16.3. The van der Waals surface area contributed by atoms with E-state index < -0.39 is 0 Å². The summed E-state index contributed by atoms with van der Waals surface area (Å²) >= 11 is 0. The zero-order chi connectivity index (χ0) is 34.0. The molecular formula is C41H40N4O4+4. The Morgan fingerprint density at radius 3 is 1.00 bits per heavy atom. The molecule has 4 heterocycles. The summed E-state index contributed by atoms with van der Waals surface area (Å²) in [5.41, 5.74) is 8.03. The highest BCUT2D eigenvalue weighted by Gasteiger charge is 2.12. The summed E-state index contributed by atoms with van der Waals surface area (Å²) in [5, 5.41) is 0. The maximum atomic E-state index is 11.7. The van der Waals surface area contributed by atoms with Crippen molar-refractivity contribution in [3.8, 4) is 22.3 Å². The molecule has 0 N–H and O–H groups in total. The molecule has 0 atom stereocenters. The van der Waals surface area contributed by atoms with E-state index in [0.29, 0.717) is 11.1 Å². The number of methoxy groups -OCH3 is 2. The first-order valence-electron chi connectivity index (χ1n) is 16.3. The van der Waals surface area contributed by atoms with E-state index in [2.05, 4.69) is 116 Å². The molecule has 0 radical (unpaired) electrons. The molecule has 0 amide bonds. The number of hydrogen-bond acceptors (Lipinski definition) is 4. The number of hydrogen-bond donors (Lipinski definition) is 0. The smallest absolute Gasteiger partial charge is 0.337 e. The molecule has 0 spiro atoms. The monoisotopic (exact) mass is 652 g/mol. The topological polar surface area (TPSA) is 68.1 Å². The Hall–Kier alpha value is -6.02. The molecule has 8 nitrogen and oxygen atoms in total. The predicted molar refractivity (Wildman–Crippen MR) is 183 cm³/mol. The van der Waals surface area contributed by atoms with E-state index in [9.17, 15) is 9.59 Å². The van der Waals surface area contributed by atoms with Gasteiger partial charge in [0.05, 0.1) is 31.8 Å². The summed E-state index contributed by atoms with van der Waals surface area (Å²) < 4.78 is 18.3. The average molecular weight is 653 g/mol. The molecule has 244 valence electrons. The molecule has 0 unspecified atom stereocenters. The lowest BCUT2D eigenvalue weighted by molar-refractivity contribution is -0.726. The Labute approximate surface area is 286 Å². The zero-order valence-corrected chi connectivity index (χ0v) is 27.8. The van der Waals surface area contributed by atoms with E-state index in [1.807, 2.05) is 24.3 Å². The number of aromatic nitrogens is 4. The molecule has 6 aromatic rings. The van der Waals surface area contributed by atoms with Gasteiger partial charge in [0.2, 0.25) is 0 Å². The first kappa shape index (κ1) is 32.9. The molecule has 0 aliphatic carbocycles. The van der Waals surface area contributed by atoms with Gasteiger partial charge in [0.1, 0.15) is 0 Å². The number of rotatable bonds is 12. The van der Waals surface area contributed by atoms with Gasteiger partial charge in [-0.2, -0.15) is 0 Å². The van der Waals surface area contributed by atoms with Crippen LogP contribution in [0.25, 0.3) is 22.3 Å². The molecule has 6 rings (SSSR count). The van der Waals surface area contributed by atoms with Gasteiger partial charge in [-0.1, -0.05) is 24.3 Å². The summed E-state index contributed by atoms with van der Waals surface area (Å²) in [7, 11) is 2.78. The number of pyridine rings is 4. The van der Waals surface area contributed by atoms with Gasteiger partial charge in [0.15, 0.2) is 75.8 Å². The number of carbonyl (C=O) groups excluding carboxylic acids is 2. The predicted octanol–water partition coefficient (Wildman–Crippen LogP) is 4.93. The van der Waals surface area contributed by atoms with Gasteiger partial charge in [0, 0.05) is 59.7 Å². The van der Waals surface area contributed by atoms with Crippen LogP contribution in [0.2, 0.25) is 0 Å². The van der Waals surface area contributed by atoms with Crippen LogP contribution in [0.3, 0.4) is 0 Å². The van der Waals surface area contributed by atoms with Crippen molar-refractivity contribution in [3.05, 3.63) is 169 Å². The van der Waals surface area contributed by atoms with Crippen molar-refractivity contribution in [1.82, 2.24) is 0 Å². The quantitative estimate of drug-likeness (QED) is 0.139. The Morgan fingerprint density at radius 2 is 0.714 bits per heavy atom. The highest BCUT2D eigenvalue weighted by atomic mass is 16.5. The highest BCUT2D eigenvalue weighted by molar-refractivity contribution is 5.89. The number of esters is 2. The van der Waals surface area contributed by atoms with E-state index in [1.54, 1.807) is 24.3 Å². The summed E-state index contributed by atoms with van der Waals surface area (Å²) in [6.45, 7) is 3.31. The van der Waals surface area contributed by atoms with Crippen LogP contribution < -0.4 is 18.3 Å². The molecule has 0 aliphatic rings. The first-order chi connectivity index (χ1) is 24.0. The van der Waals surface area contributed by atoms with Gasteiger partial charge >= 0.3 is 11.9 Å². The third-order valence-electron chi connectivity index (χ3n) is 8.54. The minimum Gasteiger partial charge on any atom is -0.465 e. The van der Waals surface area contributed by atoms with Crippen LogP contribution in [0.5, 0.6) is 0 Å². The lowest BCUT2D eigenvalue weighted by atomic mass is 10.1. The Bertz CT molecular complexity index is 1840. The number of benzene rings is 2. The number of nitrogens with zero attached hydrogens (tertiary/aromatic N) is 4. The second kappa shape index (κ2) is 15.7. The fraction of sp³-hybridized carbons (Fsp3) is 0.171. The van der Waals surface area contributed by atoms with Crippen molar-refractivity contribution in [1.29, 1.82) is 0 Å². The van der Waals surface area contributed by atoms with Crippen LogP contribution in [0.1, 0.15) is 38.3 Å².